The van der Waals surface area contributed by atoms with Crippen LogP contribution in [0.25, 0.3) is 10.3 Å². The second kappa shape index (κ2) is 6.62. The first-order valence-electron chi connectivity index (χ1n) is 8.52. The average molecular weight is 377 g/mol. The molecule has 3 heterocycles. The monoisotopic (exact) mass is 377 g/mol. The molecule has 0 fully saturated rings. The molecule has 0 spiro atoms. The molecule has 0 saturated heterocycles. The molecule has 2 aromatic heterocycles. The Kier molecular flexibility index (Phi) is 4.98. The zero-order valence-electron chi connectivity index (χ0n) is 15.8. The van der Waals surface area contributed by atoms with Crippen LogP contribution in [0.2, 0.25) is 18.1 Å². The minimum atomic E-state index is -1.92. The molecule has 6 nitrogen and oxygen atoms in total. The third-order valence-corrected chi connectivity index (χ3v) is 10.6. The van der Waals surface area contributed by atoms with Gasteiger partial charge < -0.3 is 18.7 Å². The predicted octanol–water partition coefficient (Wildman–Crippen LogP) is 2.83. The maximum absolute atomic E-state index is 11.0. The van der Waals surface area contributed by atoms with E-state index in [1.807, 2.05) is 17.4 Å². The van der Waals surface area contributed by atoms with Crippen molar-refractivity contribution in [3.05, 3.63) is 16.8 Å². The highest BCUT2D eigenvalue weighted by Gasteiger charge is 2.40. The summed E-state index contributed by atoms with van der Waals surface area (Å²) >= 11 is 1.67. The van der Waals surface area contributed by atoms with Gasteiger partial charge in [0.25, 0.3) is 7.41 Å². The molecule has 2 aromatic rings. The maximum Gasteiger partial charge on any atom is 0.293 e. The van der Waals surface area contributed by atoms with Gasteiger partial charge in [0.2, 0.25) is 8.32 Å². The van der Waals surface area contributed by atoms with Gasteiger partial charge >= 0.3 is 0 Å². The van der Waals surface area contributed by atoms with E-state index in [-0.39, 0.29) is 11.1 Å². The number of carbonyl (C=O) groups is 1. The van der Waals surface area contributed by atoms with Crippen molar-refractivity contribution >= 4 is 43.6 Å². The number of nitrogens with one attached hydrogen (secondary N) is 1. The van der Waals surface area contributed by atoms with Gasteiger partial charge in [-0.15, -0.1) is 11.3 Å². The standard InChI is InChI=1S/C16H26BN4O2SSi/c1-16(2,3)25(5,6)23-19-11-7-21(17-9-22)8-12-13(11)14-15(20(12)4)18-10-24-14/h9-11,19H,7-8H2,1-6H3. The summed E-state index contributed by atoms with van der Waals surface area (Å²) in [5, 5.41) is 0.128. The van der Waals surface area contributed by atoms with Crippen LogP contribution in [0.5, 0.6) is 0 Å². The number of carbonyl (C=O) groups excluding carboxylic acids is 1. The van der Waals surface area contributed by atoms with Gasteiger partial charge in [0, 0.05) is 31.4 Å². The van der Waals surface area contributed by atoms with Crippen LogP contribution < -0.4 is 5.48 Å². The summed E-state index contributed by atoms with van der Waals surface area (Å²) in [5.41, 5.74) is 8.70. The van der Waals surface area contributed by atoms with Crippen molar-refractivity contribution < 1.29 is 9.32 Å². The van der Waals surface area contributed by atoms with Gasteiger partial charge in [0.1, 0.15) is 0 Å². The lowest BCUT2D eigenvalue weighted by Gasteiger charge is -2.39. The lowest BCUT2D eigenvalue weighted by atomic mass is 9.89. The molecule has 1 N–H and O–H groups in total. The van der Waals surface area contributed by atoms with Crippen LogP contribution in [0.4, 0.5) is 0 Å². The minimum Gasteiger partial charge on any atom is -0.345 e. The summed E-state index contributed by atoms with van der Waals surface area (Å²) in [6, 6.07) is 0.0122. The highest BCUT2D eigenvalue weighted by Crippen LogP contribution is 2.39. The summed E-state index contributed by atoms with van der Waals surface area (Å²) in [5.74, 6) is 0. The van der Waals surface area contributed by atoms with Crippen LogP contribution in [0.3, 0.4) is 0 Å². The second-order valence-corrected chi connectivity index (χ2v) is 13.8. The van der Waals surface area contributed by atoms with Crippen LogP contribution in [0.15, 0.2) is 5.51 Å². The molecule has 0 bridgehead atoms. The Labute approximate surface area is 154 Å². The summed E-state index contributed by atoms with van der Waals surface area (Å²) in [7, 11) is 1.72. The fraction of sp³-hybridized carbons (Fsp3) is 0.625. The number of hydrogen-bond donors (Lipinski definition) is 1. The van der Waals surface area contributed by atoms with Crippen molar-refractivity contribution in [2.75, 3.05) is 6.54 Å². The summed E-state index contributed by atoms with van der Waals surface area (Å²) in [4.78, 5) is 17.5. The first-order valence-corrected chi connectivity index (χ1v) is 12.3. The van der Waals surface area contributed by atoms with E-state index < -0.39 is 8.32 Å². The number of hydrogen-bond acceptors (Lipinski definition) is 6. The molecule has 1 atom stereocenters. The summed E-state index contributed by atoms with van der Waals surface area (Å²) in [6.45, 7) is 12.6. The fourth-order valence-electron chi connectivity index (χ4n) is 2.90. The van der Waals surface area contributed by atoms with E-state index in [9.17, 15) is 4.79 Å². The number of nitrogens with zero attached hydrogens (tertiary/aromatic N) is 3. The molecular formula is C16H26BN4O2SSi. The van der Waals surface area contributed by atoms with E-state index in [4.69, 9.17) is 4.53 Å². The predicted molar refractivity (Wildman–Crippen MR) is 106 cm³/mol. The molecular weight excluding hydrogens is 351 g/mol. The topological polar surface area (TPSA) is 59.4 Å². The third-order valence-electron chi connectivity index (χ3n) is 5.48. The summed E-state index contributed by atoms with van der Waals surface area (Å²) < 4.78 is 9.63. The van der Waals surface area contributed by atoms with Crippen LogP contribution in [-0.4, -0.2) is 42.8 Å². The van der Waals surface area contributed by atoms with Gasteiger partial charge in [-0.2, -0.15) is 0 Å². The van der Waals surface area contributed by atoms with Gasteiger partial charge in [-0.1, -0.05) is 20.8 Å². The van der Waals surface area contributed by atoms with E-state index in [1.165, 1.54) is 16.0 Å². The molecule has 0 aromatic carbocycles. The zero-order chi connectivity index (χ0) is 18.4. The molecule has 0 saturated carbocycles. The van der Waals surface area contributed by atoms with E-state index >= 15 is 0 Å². The molecule has 9 heteroatoms. The number of rotatable bonds is 5. The largest absolute Gasteiger partial charge is 0.345 e. The summed E-state index contributed by atoms with van der Waals surface area (Å²) in [6.07, 6.45) is 0.848. The Morgan fingerprint density at radius 3 is 2.84 bits per heavy atom. The fourth-order valence-corrected chi connectivity index (χ4v) is 4.59. The Morgan fingerprint density at radius 2 is 2.20 bits per heavy atom. The maximum atomic E-state index is 11.0. The lowest BCUT2D eigenvalue weighted by molar-refractivity contribution is 0.117. The molecule has 3 rings (SSSR count). The van der Waals surface area contributed by atoms with Crippen LogP contribution in [-0.2, 0) is 22.9 Å². The molecule has 0 aliphatic carbocycles. The number of aryl methyl sites for hydroxylation is 1. The Bertz CT molecular complexity index is 783. The molecule has 25 heavy (non-hydrogen) atoms. The van der Waals surface area contributed by atoms with Crippen molar-refractivity contribution in [3.63, 3.8) is 0 Å². The normalized spacial score (nSPS) is 19.2. The number of fused-ring (bicyclic) bond motifs is 3. The first-order chi connectivity index (χ1) is 11.7. The van der Waals surface area contributed by atoms with Gasteiger partial charge in [0.05, 0.1) is 22.4 Å². The highest BCUT2D eigenvalue weighted by atomic mass is 32.1. The van der Waals surface area contributed by atoms with E-state index in [0.29, 0.717) is 13.1 Å². The molecule has 1 radical (unpaired) electrons. The number of aromatic nitrogens is 2. The minimum absolute atomic E-state index is 0.0122. The van der Waals surface area contributed by atoms with Crippen LogP contribution >= 0.6 is 11.3 Å². The first kappa shape index (κ1) is 18.8. The Morgan fingerprint density at radius 1 is 1.48 bits per heavy atom. The average Bonchev–Trinajstić information content (AvgIpc) is 3.08. The zero-order valence-corrected chi connectivity index (χ0v) is 17.6. The Hall–Kier alpha value is -0.998. The number of thiazole rings is 1. The third kappa shape index (κ3) is 3.35. The Balaban J connectivity index is 1.93. The van der Waals surface area contributed by atoms with Gasteiger partial charge in [-0.25, -0.2) is 10.5 Å². The van der Waals surface area contributed by atoms with E-state index in [0.717, 1.165) is 11.8 Å². The van der Waals surface area contributed by atoms with Crippen LogP contribution in [0.1, 0.15) is 38.1 Å². The molecule has 1 aliphatic rings. The van der Waals surface area contributed by atoms with Crippen LogP contribution in [0, 0.1) is 0 Å². The van der Waals surface area contributed by atoms with E-state index in [1.54, 1.807) is 18.8 Å². The number of hydroxylamine groups is 1. The highest BCUT2D eigenvalue weighted by molar-refractivity contribution is 7.17. The molecule has 0 amide bonds. The lowest BCUT2D eigenvalue weighted by Crippen LogP contribution is -2.49. The molecule has 1 aliphatic heterocycles. The van der Waals surface area contributed by atoms with Gasteiger partial charge in [-0.3, -0.25) is 0 Å². The molecule has 1 unspecified atom stereocenters. The van der Waals surface area contributed by atoms with Crippen molar-refractivity contribution in [1.82, 2.24) is 19.8 Å². The van der Waals surface area contributed by atoms with Gasteiger partial charge in [0.15, 0.2) is 5.65 Å². The second-order valence-electron chi connectivity index (χ2n) is 8.17. The SMILES string of the molecule is Cn1c2c(c3scnc31)C(NO[Si](C)(C)C(C)(C)C)CN([B]C=O)C2. The molecule has 135 valence electrons. The quantitative estimate of drug-likeness (QED) is 0.493. The van der Waals surface area contributed by atoms with E-state index in [2.05, 4.69) is 48.9 Å². The van der Waals surface area contributed by atoms with Crippen molar-refractivity contribution in [2.24, 2.45) is 7.05 Å². The van der Waals surface area contributed by atoms with Crippen molar-refractivity contribution in [3.8, 4) is 0 Å². The van der Waals surface area contributed by atoms with Crippen molar-refractivity contribution in [1.29, 1.82) is 0 Å². The van der Waals surface area contributed by atoms with Gasteiger partial charge in [-0.05, 0) is 18.1 Å². The van der Waals surface area contributed by atoms with Crippen molar-refractivity contribution in [2.45, 2.75) is 51.5 Å². The smallest absolute Gasteiger partial charge is 0.293 e.